The Labute approximate surface area is 127 Å². The molecule has 0 rings (SSSR count). The summed E-state index contributed by atoms with van der Waals surface area (Å²) in [5.74, 6) is 0. The maximum absolute atomic E-state index is 10.1. The number of halogens is 3. The van der Waals surface area contributed by atoms with Gasteiger partial charge in [0.2, 0.25) is 0 Å². The normalized spacial score (nSPS) is 10.4. The van der Waals surface area contributed by atoms with Gasteiger partial charge in [0.1, 0.15) is 23.7 Å². The van der Waals surface area contributed by atoms with E-state index in [4.69, 9.17) is 43.1 Å². The van der Waals surface area contributed by atoms with Gasteiger partial charge in [-0.2, -0.15) is 0 Å². The second-order valence-electron chi connectivity index (χ2n) is 1.29. The van der Waals surface area contributed by atoms with Crippen molar-refractivity contribution in [1.82, 2.24) is 0 Å². The van der Waals surface area contributed by atoms with Gasteiger partial charge in [-0.15, -0.1) is 0 Å². The maximum atomic E-state index is 10.1. The first-order chi connectivity index (χ1) is 6.00. The van der Waals surface area contributed by atoms with Gasteiger partial charge in [-0.25, -0.2) is 12.6 Å². The van der Waals surface area contributed by atoms with Crippen LogP contribution in [0.4, 0.5) is 12.6 Å². The van der Waals surface area contributed by atoms with Crippen molar-refractivity contribution in [3.8, 4) is 0 Å². The average molecular weight is 368 g/mol. The zero-order valence-electron chi connectivity index (χ0n) is 7.60. The summed E-state index contributed by atoms with van der Waals surface area (Å²) in [5.41, 5.74) is 0. The van der Waals surface area contributed by atoms with Crippen molar-refractivity contribution in [3.63, 3.8) is 0 Å². The van der Waals surface area contributed by atoms with E-state index in [1.807, 2.05) is 0 Å². The molecule has 0 aliphatic carbocycles. The fourth-order valence-corrected chi connectivity index (χ4v) is 0. The van der Waals surface area contributed by atoms with Crippen LogP contribution in [0.15, 0.2) is 0 Å². The third kappa shape index (κ3) is 1340. The van der Waals surface area contributed by atoms with Crippen LogP contribution in [-0.2, 0) is 32.3 Å². The Bertz CT molecular complexity index is 218. The number of hydrogen-bond acceptors (Lipinski definition) is 9. The van der Waals surface area contributed by atoms with Gasteiger partial charge in [-0.3, -0.25) is 0 Å². The van der Waals surface area contributed by atoms with Crippen LogP contribution in [0.25, 0.3) is 0 Å². The van der Waals surface area contributed by atoms with Crippen LogP contribution in [0.3, 0.4) is 0 Å². The number of hydrogen-bond donors (Lipinski definition) is 0. The molecule has 0 aromatic heterocycles. The molecular formula is F3NaO9P3V. The zero-order chi connectivity index (χ0) is 13.5. The second-order valence-corrected chi connectivity index (χ2v) is 3.88. The van der Waals surface area contributed by atoms with E-state index in [2.05, 4.69) is 0 Å². The fraction of sp³-hybridized carbons (Fsp3) is 0. The van der Waals surface area contributed by atoms with Crippen LogP contribution < -0.4 is 58.9 Å². The summed E-state index contributed by atoms with van der Waals surface area (Å²) in [6.45, 7) is 0. The molecule has 0 aliphatic heterocycles. The van der Waals surface area contributed by atoms with E-state index in [-0.39, 0.29) is 48.1 Å². The third-order valence-electron chi connectivity index (χ3n) is 0. The predicted octanol–water partition coefficient (Wildman–Crippen LogP) is -6.64. The van der Waals surface area contributed by atoms with E-state index in [9.17, 15) is 12.6 Å². The van der Waals surface area contributed by atoms with Crippen molar-refractivity contribution < 1.29 is 104 Å². The van der Waals surface area contributed by atoms with Gasteiger partial charge in [0.15, 0.2) is 0 Å². The van der Waals surface area contributed by atoms with Crippen molar-refractivity contribution >= 4 is 23.7 Å². The smallest absolute Gasteiger partial charge is 0.786 e. The van der Waals surface area contributed by atoms with E-state index in [1.54, 1.807) is 0 Å². The largest absolute Gasteiger partial charge is 5.00 e. The molecule has 96 valence electrons. The molecule has 0 N–H and O–H groups in total. The van der Waals surface area contributed by atoms with Crippen LogP contribution >= 0.6 is 23.7 Å². The summed E-state index contributed by atoms with van der Waals surface area (Å²) in [6.07, 6.45) is 0. The van der Waals surface area contributed by atoms with Crippen LogP contribution in [0.5, 0.6) is 0 Å². The molecule has 0 unspecified atom stereocenters. The van der Waals surface area contributed by atoms with Gasteiger partial charge in [0.05, 0.1) is 0 Å². The van der Waals surface area contributed by atoms with E-state index in [1.165, 1.54) is 0 Å². The molecule has 9 nitrogen and oxygen atoms in total. The van der Waals surface area contributed by atoms with Crippen LogP contribution in [0.2, 0.25) is 0 Å². The van der Waals surface area contributed by atoms with E-state index in [0.29, 0.717) is 0 Å². The molecule has 0 atom stereocenters. The maximum Gasteiger partial charge on any atom is 5.00 e. The molecule has 0 aromatic carbocycles. The van der Waals surface area contributed by atoms with Crippen molar-refractivity contribution in [2.45, 2.75) is 0 Å². The number of rotatable bonds is 0. The topological polar surface area (TPSA) is 190 Å². The molecule has 0 bridgehead atoms. The summed E-state index contributed by atoms with van der Waals surface area (Å²) >= 11 is 0. The Morgan fingerprint density at radius 3 is 0.588 bits per heavy atom. The molecule has 0 spiro atoms. The van der Waals surface area contributed by atoms with Crippen molar-refractivity contribution in [2.24, 2.45) is 0 Å². The second kappa shape index (κ2) is 12.8. The van der Waals surface area contributed by atoms with Crippen molar-refractivity contribution in [3.05, 3.63) is 0 Å². The van der Waals surface area contributed by atoms with Crippen molar-refractivity contribution in [1.29, 1.82) is 0 Å². The van der Waals surface area contributed by atoms with Crippen molar-refractivity contribution in [2.75, 3.05) is 0 Å². The minimum absolute atomic E-state index is 0. The van der Waals surface area contributed by atoms with Gasteiger partial charge < -0.3 is 43.1 Å². The van der Waals surface area contributed by atoms with Gasteiger partial charge in [0, 0.05) is 0 Å². The average Bonchev–Trinajstić information content (AvgIpc) is 1.41. The first-order valence-corrected chi connectivity index (χ1v) is 6.45. The summed E-state index contributed by atoms with van der Waals surface area (Å²) in [6, 6.07) is 0. The Morgan fingerprint density at radius 2 is 0.588 bits per heavy atom. The standard InChI is InChI=1S/3FH2O3P.Na.V/c3*1-5(2,3)4;;/h3*(H2,2,3,4);;/q;;;+1;+5/p-6. The van der Waals surface area contributed by atoms with Crippen LogP contribution in [-0.4, -0.2) is 0 Å². The zero-order valence-corrected chi connectivity index (χ0v) is 13.7. The summed E-state index contributed by atoms with van der Waals surface area (Å²) in [4.78, 5) is 50.6. The van der Waals surface area contributed by atoms with Crippen LogP contribution in [0, 0.1) is 0 Å². The minimum atomic E-state index is -5.64. The van der Waals surface area contributed by atoms with Gasteiger partial charge in [-0.1, -0.05) is 0 Å². The van der Waals surface area contributed by atoms with Crippen LogP contribution in [0.1, 0.15) is 0 Å². The van der Waals surface area contributed by atoms with Gasteiger partial charge in [0.25, 0.3) is 0 Å². The molecule has 17 heavy (non-hydrogen) atoms. The molecule has 0 aromatic rings. The Hall–Kier alpha value is 1.82. The van der Waals surface area contributed by atoms with Gasteiger partial charge >= 0.3 is 48.1 Å². The first kappa shape index (κ1) is 31.3. The molecular weight excluding hydrogens is 368 g/mol. The summed E-state index contributed by atoms with van der Waals surface area (Å²) < 4.78 is 55.7. The van der Waals surface area contributed by atoms with E-state index < -0.39 is 23.7 Å². The molecule has 0 aliphatic rings. The Kier molecular flexibility index (Phi) is 23.6. The van der Waals surface area contributed by atoms with Gasteiger partial charge in [-0.05, 0) is 0 Å². The fourth-order valence-electron chi connectivity index (χ4n) is 0. The summed E-state index contributed by atoms with van der Waals surface area (Å²) in [5, 5.41) is 0. The molecule has 0 saturated carbocycles. The minimum Gasteiger partial charge on any atom is -0.786 e. The molecule has 0 saturated heterocycles. The molecule has 17 heteroatoms. The molecule has 0 heterocycles. The third-order valence-corrected chi connectivity index (χ3v) is 0. The predicted molar refractivity (Wildman–Crippen MR) is 26.1 cm³/mol. The van der Waals surface area contributed by atoms with E-state index in [0.717, 1.165) is 0 Å². The SMILES string of the molecule is O=P([O-])([O-])F.O=P([O-])([O-])F.O=P([O-])([O-])F.[Na+].[V+5]. The molecule has 0 radical (unpaired) electrons. The summed E-state index contributed by atoms with van der Waals surface area (Å²) in [7, 11) is -16.9. The first-order valence-electron chi connectivity index (χ1n) is 2.15. The van der Waals surface area contributed by atoms with E-state index >= 15 is 0 Å². The molecule has 0 amide bonds. The monoisotopic (exact) mass is 368 g/mol. The Balaban J connectivity index is -0.0000000400. The Morgan fingerprint density at radius 1 is 0.588 bits per heavy atom. The molecule has 0 fully saturated rings. The quantitative estimate of drug-likeness (QED) is 0.295.